The molecular weight excluding hydrogens is 288 g/mol. The molecule has 1 aromatic rings. The normalized spacial score (nSPS) is 18.4. The van der Waals surface area contributed by atoms with Crippen molar-refractivity contribution in [2.45, 2.75) is 37.6 Å². The first kappa shape index (κ1) is 16.3. The van der Waals surface area contributed by atoms with Crippen LogP contribution >= 0.6 is 0 Å². The van der Waals surface area contributed by atoms with Crippen molar-refractivity contribution in [3.63, 3.8) is 0 Å². The van der Waals surface area contributed by atoms with E-state index >= 15 is 0 Å². The Morgan fingerprint density at radius 2 is 1.86 bits per heavy atom. The molecule has 1 heterocycles. The molecule has 0 aromatic heterocycles. The van der Waals surface area contributed by atoms with Crippen LogP contribution in [0.2, 0.25) is 0 Å². The fraction of sp³-hybridized carbons (Fsp3) is 0.600. The smallest absolute Gasteiger partial charge is 0.240 e. The van der Waals surface area contributed by atoms with Gasteiger partial charge < -0.3 is 10.1 Å². The van der Waals surface area contributed by atoms with E-state index in [-0.39, 0.29) is 0 Å². The van der Waals surface area contributed by atoms with Gasteiger partial charge in [-0.05, 0) is 49.9 Å². The highest BCUT2D eigenvalue weighted by atomic mass is 32.2. The van der Waals surface area contributed by atoms with E-state index < -0.39 is 10.0 Å². The van der Waals surface area contributed by atoms with Crippen LogP contribution in [-0.4, -0.2) is 34.2 Å². The Balaban J connectivity index is 1.99. The molecule has 6 heteroatoms. The van der Waals surface area contributed by atoms with E-state index in [2.05, 4.69) is 17.0 Å². The van der Waals surface area contributed by atoms with Crippen LogP contribution in [-0.2, 0) is 14.8 Å². The maximum Gasteiger partial charge on any atom is 0.240 e. The Bertz CT molecular complexity index is 537. The lowest BCUT2D eigenvalue weighted by molar-refractivity contribution is 0.0622. The van der Waals surface area contributed by atoms with Gasteiger partial charge in [-0.15, -0.1) is 0 Å². The molecule has 2 N–H and O–H groups in total. The molecule has 1 saturated heterocycles. The second-order valence-corrected chi connectivity index (χ2v) is 7.18. The predicted octanol–water partition coefficient (Wildman–Crippen LogP) is 2.21. The van der Waals surface area contributed by atoms with Crippen molar-refractivity contribution < 1.29 is 13.2 Å². The van der Waals surface area contributed by atoms with Crippen LogP contribution < -0.4 is 10.0 Å². The van der Waals surface area contributed by atoms with E-state index in [1.165, 1.54) is 0 Å². The zero-order chi connectivity index (χ0) is 15.3. The Morgan fingerprint density at radius 3 is 2.43 bits per heavy atom. The van der Waals surface area contributed by atoms with Crippen molar-refractivity contribution in [1.82, 2.24) is 4.72 Å². The summed E-state index contributed by atoms with van der Waals surface area (Å²) >= 11 is 0. The molecule has 21 heavy (non-hydrogen) atoms. The SMILES string of the molecule is CCNS(=O)(=O)c1ccc(NC(C)C2CCOCC2)cc1. The highest BCUT2D eigenvalue weighted by molar-refractivity contribution is 7.89. The third kappa shape index (κ3) is 4.43. The topological polar surface area (TPSA) is 67.4 Å². The van der Waals surface area contributed by atoms with Gasteiger partial charge in [-0.25, -0.2) is 13.1 Å². The minimum Gasteiger partial charge on any atom is -0.382 e. The molecule has 1 unspecified atom stereocenters. The van der Waals surface area contributed by atoms with Crippen molar-refractivity contribution in [1.29, 1.82) is 0 Å². The van der Waals surface area contributed by atoms with Crippen LogP contribution in [0.5, 0.6) is 0 Å². The van der Waals surface area contributed by atoms with Crippen LogP contribution in [0.3, 0.4) is 0 Å². The van der Waals surface area contributed by atoms with Crippen LogP contribution in [0.4, 0.5) is 5.69 Å². The van der Waals surface area contributed by atoms with E-state index in [0.29, 0.717) is 23.4 Å². The van der Waals surface area contributed by atoms with E-state index in [9.17, 15) is 8.42 Å². The van der Waals surface area contributed by atoms with Crippen LogP contribution in [0, 0.1) is 5.92 Å². The van der Waals surface area contributed by atoms with Gasteiger partial charge in [0.2, 0.25) is 10.0 Å². The van der Waals surface area contributed by atoms with E-state index in [1.807, 2.05) is 12.1 Å². The summed E-state index contributed by atoms with van der Waals surface area (Å²) in [5.74, 6) is 0.601. The number of nitrogens with one attached hydrogen (secondary N) is 2. The first-order valence-electron chi connectivity index (χ1n) is 7.47. The van der Waals surface area contributed by atoms with E-state index in [1.54, 1.807) is 19.1 Å². The zero-order valence-corrected chi connectivity index (χ0v) is 13.4. The molecule has 0 amide bonds. The number of hydrogen-bond donors (Lipinski definition) is 2. The third-order valence-electron chi connectivity index (χ3n) is 3.87. The molecule has 5 nitrogen and oxygen atoms in total. The summed E-state index contributed by atoms with van der Waals surface area (Å²) in [6.45, 7) is 5.98. The summed E-state index contributed by atoms with van der Waals surface area (Å²) < 4.78 is 31.6. The van der Waals surface area contributed by atoms with Gasteiger partial charge in [-0.2, -0.15) is 0 Å². The van der Waals surface area contributed by atoms with Crippen molar-refractivity contribution in [2.24, 2.45) is 5.92 Å². The monoisotopic (exact) mass is 312 g/mol. The van der Waals surface area contributed by atoms with Gasteiger partial charge in [0.1, 0.15) is 0 Å². The van der Waals surface area contributed by atoms with Crippen LogP contribution in [0.25, 0.3) is 0 Å². The van der Waals surface area contributed by atoms with Crippen LogP contribution in [0.1, 0.15) is 26.7 Å². The fourth-order valence-electron chi connectivity index (χ4n) is 2.60. The van der Waals surface area contributed by atoms with Gasteiger partial charge in [-0.3, -0.25) is 0 Å². The quantitative estimate of drug-likeness (QED) is 0.845. The maximum absolute atomic E-state index is 11.9. The Kier molecular flexibility index (Phi) is 5.61. The van der Waals surface area contributed by atoms with Gasteiger partial charge >= 0.3 is 0 Å². The summed E-state index contributed by atoms with van der Waals surface area (Å²) in [5, 5.41) is 3.45. The number of sulfonamides is 1. The first-order chi connectivity index (χ1) is 10.0. The number of rotatable bonds is 6. The second kappa shape index (κ2) is 7.24. The van der Waals surface area contributed by atoms with Gasteiger partial charge in [0, 0.05) is 31.5 Å². The molecular formula is C15H24N2O3S. The minimum atomic E-state index is -3.37. The lowest BCUT2D eigenvalue weighted by atomic mass is 9.93. The second-order valence-electron chi connectivity index (χ2n) is 5.41. The van der Waals surface area contributed by atoms with Crippen molar-refractivity contribution in [3.05, 3.63) is 24.3 Å². The minimum absolute atomic E-state index is 0.300. The standard InChI is InChI=1S/C15H24N2O3S/c1-3-16-21(18,19)15-6-4-14(5-7-15)17-12(2)13-8-10-20-11-9-13/h4-7,12-13,16-17H,3,8-11H2,1-2H3. The Hall–Kier alpha value is -1.11. The van der Waals surface area contributed by atoms with Gasteiger partial charge in [0.25, 0.3) is 0 Å². The van der Waals surface area contributed by atoms with Gasteiger partial charge in [0.05, 0.1) is 4.90 Å². The molecule has 1 atom stereocenters. The van der Waals surface area contributed by atoms with E-state index in [4.69, 9.17) is 4.74 Å². The molecule has 0 bridgehead atoms. The molecule has 1 aliphatic heterocycles. The largest absolute Gasteiger partial charge is 0.382 e. The molecule has 0 aliphatic carbocycles. The van der Waals surface area contributed by atoms with Crippen LogP contribution in [0.15, 0.2) is 29.2 Å². The molecule has 1 aromatic carbocycles. The molecule has 0 spiro atoms. The lowest BCUT2D eigenvalue weighted by Crippen LogP contribution is -2.31. The third-order valence-corrected chi connectivity index (χ3v) is 5.43. The summed E-state index contributed by atoms with van der Waals surface area (Å²) in [7, 11) is -3.37. The number of hydrogen-bond acceptors (Lipinski definition) is 4. The molecule has 1 fully saturated rings. The number of anilines is 1. The molecule has 0 saturated carbocycles. The van der Waals surface area contributed by atoms with Crippen molar-refractivity contribution >= 4 is 15.7 Å². The predicted molar refractivity (Wildman–Crippen MR) is 83.9 cm³/mol. The van der Waals surface area contributed by atoms with E-state index in [0.717, 1.165) is 31.7 Å². The Morgan fingerprint density at radius 1 is 1.24 bits per heavy atom. The number of ether oxygens (including phenoxy) is 1. The van der Waals surface area contributed by atoms with Gasteiger partial charge in [0.15, 0.2) is 0 Å². The summed E-state index contributed by atoms with van der Waals surface area (Å²) in [5.41, 5.74) is 0.949. The Labute approximate surface area is 127 Å². The van der Waals surface area contributed by atoms with Crippen molar-refractivity contribution in [2.75, 3.05) is 25.1 Å². The molecule has 118 valence electrons. The molecule has 0 radical (unpaired) electrons. The molecule has 1 aliphatic rings. The lowest BCUT2D eigenvalue weighted by Gasteiger charge is -2.29. The van der Waals surface area contributed by atoms with Crippen molar-refractivity contribution in [3.8, 4) is 0 Å². The maximum atomic E-state index is 11.9. The zero-order valence-electron chi connectivity index (χ0n) is 12.6. The number of benzene rings is 1. The summed E-state index contributed by atoms with van der Waals surface area (Å²) in [6, 6.07) is 7.26. The highest BCUT2D eigenvalue weighted by Crippen LogP contribution is 2.22. The fourth-order valence-corrected chi connectivity index (χ4v) is 3.64. The van der Waals surface area contributed by atoms with Gasteiger partial charge in [-0.1, -0.05) is 6.92 Å². The first-order valence-corrected chi connectivity index (χ1v) is 8.95. The highest BCUT2D eigenvalue weighted by Gasteiger charge is 2.20. The molecule has 2 rings (SSSR count). The summed E-state index contributed by atoms with van der Waals surface area (Å²) in [6.07, 6.45) is 2.14. The average Bonchev–Trinajstić information content (AvgIpc) is 2.48. The average molecular weight is 312 g/mol. The summed E-state index contributed by atoms with van der Waals surface area (Å²) in [4.78, 5) is 0.300.